The van der Waals surface area contributed by atoms with E-state index in [4.69, 9.17) is 4.52 Å². The highest BCUT2D eigenvalue weighted by molar-refractivity contribution is 7.90. The number of hydrogen-bond donors (Lipinski definition) is 0. The summed E-state index contributed by atoms with van der Waals surface area (Å²) in [6.45, 7) is 3.83. The maximum Gasteiger partial charge on any atom is 0.269 e. The molecular weight excluding hydrogens is 424 g/mol. The van der Waals surface area contributed by atoms with E-state index in [-0.39, 0.29) is 17.0 Å². The van der Waals surface area contributed by atoms with Crippen LogP contribution in [0, 0.1) is 13.8 Å². The molecule has 0 fully saturated rings. The summed E-state index contributed by atoms with van der Waals surface area (Å²) in [7, 11) is -3.86. The number of aromatic nitrogens is 3. The summed E-state index contributed by atoms with van der Waals surface area (Å²) >= 11 is 1.32. The Balaban J connectivity index is 1.47. The molecule has 4 aromatic rings. The lowest BCUT2D eigenvalue weighted by Crippen LogP contribution is -2.29. The highest BCUT2D eigenvalue weighted by Gasteiger charge is 2.41. The van der Waals surface area contributed by atoms with Crippen molar-refractivity contribution in [1.82, 2.24) is 19.0 Å². The van der Waals surface area contributed by atoms with Gasteiger partial charge in [-0.25, -0.2) is 17.7 Å². The summed E-state index contributed by atoms with van der Waals surface area (Å²) in [4.78, 5) is 17.3. The number of rotatable bonds is 4. The van der Waals surface area contributed by atoms with Crippen molar-refractivity contribution in [2.24, 2.45) is 0 Å². The number of hydrogen-bond acceptors (Lipinski definition) is 7. The molecule has 0 aliphatic carbocycles. The fourth-order valence-corrected chi connectivity index (χ4v) is 6.11. The van der Waals surface area contributed by atoms with Gasteiger partial charge >= 0.3 is 0 Å². The molecule has 5 rings (SSSR count). The molecule has 0 bridgehead atoms. The third-order valence-corrected chi connectivity index (χ3v) is 7.72. The summed E-state index contributed by atoms with van der Waals surface area (Å²) in [5.74, 6) is 0.157. The van der Waals surface area contributed by atoms with Crippen molar-refractivity contribution in [3.8, 4) is 17.1 Å². The number of benzene rings is 1. The molecule has 1 aliphatic heterocycles. The summed E-state index contributed by atoms with van der Waals surface area (Å²) in [5, 5.41) is 6.40. The predicted molar refractivity (Wildman–Crippen MR) is 110 cm³/mol. The maximum absolute atomic E-state index is 12.8. The lowest BCUT2D eigenvalue weighted by Gasteiger charge is -2.12. The second-order valence-corrected chi connectivity index (χ2v) is 9.69. The van der Waals surface area contributed by atoms with Crippen LogP contribution in [0.25, 0.3) is 17.1 Å². The number of sulfonamides is 1. The Hall–Kier alpha value is -3.24. The van der Waals surface area contributed by atoms with E-state index in [1.54, 1.807) is 18.2 Å². The molecule has 3 aromatic heterocycles. The minimum Gasteiger partial charge on any atom is -0.363 e. The molecule has 0 radical (unpaired) electrons. The van der Waals surface area contributed by atoms with Crippen LogP contribution < -0.4 is 0 Å². The molecule has 0 unspecified atom stereocenters. The molecule has 8 nitrogen and oxygen atoms in total. The van der Waals surface area contributed by atoms with E-state index in [1.807, 2.05) is 29.9 Å². The zero-order chi connectivity index (χ0) is 21.0. The second-order valence-electron chi connectivity index (χ2n) is 6.92. The van der Waals surface area contributed by atoms with E-state index < -0.39 is 15.9 Å². The average molecular weight is 441 g/mol. The van der Waals surface area contributed by atoms with Gasteiger partial charge in [-0.1, -0.05) is 17.3 Å². The Morgan fingerprint density at radius 3 is 2.67 bits per heavy atom. The zero-order valence-corrected chi connectivity index (χ0v) is 17.7. The van der Waals surface area contributed by atoms with Crippen molar-refractivity contribution < 1.29 is 17.7 Å². The van der Waals surface area contributed by atoms with Gasteiger partial charge < -0.3 is 4.52 Å². The van der Waals surface area contributed by atoms with Crippen LogP contribution in [0.4, 0.5) is 0 Å². The fourth-order valence-electron chi connectivity index (χ4n) is 3.71. The van der Waals surface area contributed by atoms with Gasteiger partial charge in [-0.15, -0.1) is 11.3 Å². The van der Waals surface area contributed by atoms with Gasteiger partial charge in [-0.05, 0) is 32.0 Å². The highest BCUT2D eigenvalue weighted by Crippen LogP contribution is 2.34. The molecule has 0 saturated heterocycles. The van der Waals surface area contributed by atoms with Crippen LogP contribution in [-0.4, -0.2) is 33.3 Å². The molecule has 1 amide bonds. The Labute approximate surface area is 176 Å². The van der Waals surface area contributed by atoms with Crippen LogP contribution in [0.3, 0.4) is 0 Å². The van der Waals surface area contributed by atoms with Crippen molar-refractivity contribution in [2.45, 2.75) is 25.3 Å². The first-order valence-corrected chi connectivity index (χ1v) is 11.4. The predicted octanol–water partition coefficient (Wildman–Crippen LogP) is 3.55. The molecule has 10 heteroatoms. The molecular formula is C20H16N4O4S2. The van der Waals surface area contributed by atoms with E-state index in [2.05, 4.69) is 10.1 Å². The first kappa shape index (κ1) is 18.8. The van der Waals surface area contributed by atoms with Gasteiger partial charge in [0, 0.05) is 28.4 Å². The number of amides is 1. The number of nitrogens with zero attached hydrogens (tertiary/aromatic N) is 4. The SMILES string of the molecule is Cc1cc(-c2csc(CN3C(=O)c4ccccc4S3(=O)=O)n2)c(C)n1-c1ccon1. The third kappa shape index (κ3) is 2.71. The highest BCUT2D eigenvalue weighted by atomic mass is 32.2. The van der Waals surface area contributed by atoms with Gasteiger partial charge in [0.1, 0.15) is 16.2 Å². The Kier molecular flexibility index (Phi) is 4.16. The zero-order valence-electron chi connectivity index (χ0n) is 16.1. The number of thiazole rings is 1. The normalized spacial score (nSPS) is 15.0. The monoisotopic (exact) mass is 440 g/mol. The Bertz CT molecular complexity index is 1380. The van der Waals surface area contributed by atoms with Crippen molar-refractivity contribution in [3.05, 3.63) is 70.0 Å². The van der Waals surface area contributed by atoms with Gasteiger partial charge in [0.25, 0.3) is 15.9 Å². The van der Waals surface area contributed by atoms with Gasteiger partial charge in [-0.2, -0.15) is 0 Å². The first-order chi connectivity index (χ1) is 14.4. The molecule has 0 atom stereocenters. The van der Waals surface area contributed by atoms with Crippen LogP contribution in [0.1, 0.15) is 26.8 Å². The van der Waals surface area contributed by atoms with Gasteiger partial charge in [0.05, 0.1) is 17.8 Å². The van der Waals surface area contributed by atoms with Crippen molar-refractivity contribution in [1.29, 1.82) is 0 Å². The van der Waals surface area contributed by atoms with Crippen molar-refractivity contribution >= 4 is 27.3 Å². The maximum atomic E-state index is 12.8. The number of fused-ring (bicyclic) bond motifs is 1. The standard InChI is InChI=1S/C20H16N4O4S2/c1-12-9-15(13(2)24(12)18-7-8-28-22-18)16-11-29-19(21-16)10-23-20(25)14-5-3-4-6-17(14)30(23,26)27/h3-9,11H,10H2,1-2H3. The minimum absolute atomic E-state index is 0.0444. The number of aryl methyl sites for hydroxylation is 1. The third-order valence-electron chi connectivity index (χ3n) is 5.10. The molecule has 1 aromatic carbocycles. The van der Waals surface area contributed by atoms with Crippen LogP contribution in [0.15, 0.2) is 57.5 Å². The molecule has 30 heavy (non-hydrogen) atoms. The summed E-state index contributed by atoms with van der Waals surface area (Å²) in [6, 6.07) is 10.0. The fraction of sp³-hybridized carbons (Fsp3) is 0.150. The van der Waals surface area contributed by atoms with E-state index in [0.29, 0.717) is 10.8 Å². The second kappa shape index (κ2) is 6.64. The van der Waals surface area contributed by atoms with E-state index in [1.165, 1.54) is 29.7 Å². The summed E-state index contributed by atoms with van der Waals surface area (Å²) < 4.78 is 33.3. The van der Waals surface area contributed by atoms with Gasteiger partial charge in [0.15, 0.2) is 5.82 Å². The van der Waals surface area contributed by atoms with E-state index >= 15 is 0 Å². The quantitative estimate of drug-likeness (QED) is 0.481. The van der Waals surface area contributed by atoms with Crippen LogP contribution in [0.5, 0.6) is 0 Å². The topological polar surface area (TPSA) is 98.3 Å². The molecule has 0 N–H and O–H groups in total. The van der Waals surface area contributed by atoms with Gasteiger partial charge in [-0.3, -0.25) is 9.36 Å². The summed E-state index contributed by atoms with van der Waals surface area (Å²) in [5.41, 5.74) is 3.75. The van der Waals surface area contributed by atoms with Crippen LogP contribution in [-0.2, 0) is 16.6 Å². The first-order valence-electron chi connectivity index (χ1n) is 9.08. The Morgan fingerprint density at radius 2 is 1.93 bits per heavy atom. The molecule has 0 saturated carbocycles. The smallest absolute Gasteiger partial charge is 0.269 e. The minimum atomic E-state index is -3.86. The molecule has 1 aliphatic rings. The molecule has 4 heterocycles. The van der Waals surface area contributed by atoms with Gasteiger partial charge in [0.2, 0.25) is 0 Å². The van der Waals surface area contributed by atoms with E-state index in [9.17, 15) is 13.2 Å². The Morgan fingerprint density at radius 1 is 1.13 bits per heavy atom. The van der Waals surface area contributed by atoms with E-state index in [0.717, 1.165) is 27.0 Å². The summed E-state index contributed by atoms with van der Waals surface area (Å²) in [6.07, 6.45) is 1.51. The average Bonchev–Trinajstić information content (AvgIpc) is 3.48. The molecule has 152 valence electrons. The lowest BCUT2D eigenvalue weighted by molar-refractivity contribution is 0.0865. The van der Waals surface area contributed by atoms with Crippen LogP contribution in [0.2, 0.25) is 0 Å². The van der Waals surface area contributed by atoms with Crippen molar-refractivity contribution in [2.75, 3.05) is 0 Å². The lowest BCUT2D eigenvalue weighted by atomic mass is 10.2. The van der Waals surface area contributed by atoms with Crippen LogP contribution >= 0.6 is 11.3 Å². The number of carbonyl (C=O) groups excluding carboxylic acids is 1. The number of carbonyl (C=O) groups is 1. The largest absolute Gasteiger partial charge is 0.363 e. The molecule has 0 spiro atoms. The van der Waals surface area contributed by atoms with Crippen molar-refractivity contribution in [3.63, 3.8) is 0 Å².